The lowest BCUT2D eigenvalue weighted by molar-refractivity contribution is -0.140. The number of hydrogen-bond acceptors (Lipinski definition) is 4. The average molecular weight is 299 g/mol. The van der Waals surface area contributed by atoms with Crippen LogP contribution in [0.4, 0.5) is 0 Å². The van der Waals surface area contributed by atoms with Crippen LogP contribution in [0.25, 0.3) is 0 Å². The summed E-state index contributed by atoms with van der Waals surface area (Å²) < 4.78 is 30.3. The van der Waals surface area contributed by atoms with Crippen LogP contribution in [0.1, 0.15) is 18.9 Å². The number of esters is 1. The lowest BCUT2D eigenvalue weighted by atomic mass is 10.2. The van der Waals surface area contributed by atoms with Gasteiger partial charge in [-0.1, -0.05) is 37.3 Å². The van der Waals surface area contributed by atoms with E-state index in [0.29, 0.717) is 13.0 Å². The zero-order valence-corrected chi connectivity index (χ0v) is 12.7. The molecule has 1 rings (SSSR count). The van der Waals surface area contributed by atoms with Crippen molar-refractivity contribution in [2.24, 2.45) is 0 Å². The van der Waals surface area contributed by atoms with Gasteiger partial charge in [-0.15, -0.1) is 0 Å². The number of carbonyl (C=O) groups excluding carboxylic acids is 1. The molecule has 0 saturated carbocycles. The van der Waals surface area contributed by atoms with Gasteiger partial charge in [0.1, 0.15) is 0 Å². The zero-order chi connectivity index (χ0) is 15.0. The third-order valence-electron chi connectivity index (χ3n) is 3.03. The first-order valence-corrected chi connectivity index (χ1v) is 8.19. The number of aryl methyl sites for hydroxylation is 1. The molecule has 0 amide bonds. The molecule has 1 aromatic carbocycles. The van der Waals surface area contributed by atoms with Gasteiger partial charge in [0.05, 0.1) is 19.3 Å². The Balaban J connectivity index is 2.58. The number of ether oxygens (including phenoxy) is 1. The average Bonchev–Trinajstić information content (AvgIpc) is 2.46. The molecule has 20 heavy (non-hydrogen) atoms. The van der Waals surface area contributed by atoms with Gasteiger partial charge in [0, 0.05) is 13.1 Å². The minimum atomic E-state index is -3.35. The van der Waals surface area contributed by atoms with Crippen molar-refractivity contribution in [3.8, 4) is 0 Å². The van der Waals surface area contributed by atoms with E-state index in [9.17, 15) is 13.2 Å². The molecule has 0 aliphatic heterocycles. The molecule has 5 nitrogen and oxygen atoms in total. The van der Waals surface area contributed by atoms with Crippen LogP contribution in [0.2, 0.25) is 0 Å². The molecule has 0 radical (unpaired) electrons. The molecule has 0 heterocycles. The summed E-state index contributed by atoms with van der Waals surface area (Å²) in [5, 5.41) is 0. The zero-order valence-electron chi connectivity index (χ0n) is 11.9. The van der Waals surface area contributed by atoms with Crippen LogP contribution in [0.3, 0.4) is 0 Å². The van der Waals surface area contributed by atoms with Crippen LogP contribution >= 0.6 is 0 Å². The predicted octanol–water partition coefficient (Wildman–Crippen LogP) is 1.44. The maximum absolute atomic E-state index is 12.2. The molecule has 0 aliphatic carbocycles. The van der Waals surface area contributed by atoms with E-state index >= 15 is 0 Å². The van der Waals surface area contributed by atoms with Crippen molar-refractivity contribution in [2.45, 2.75) is 19.8 Å². The number of nitrogens with zero attached hydrogens (tertiary/aromatic N) is 1. The fourth-order valence-electron chi connectivity index (χ4n) is 1.83. The van der Waals surface area contributed by atoms with Crippen LogP contribution in [0.15, 0.2) is 30.3 Å². The van der Waals surface area contributed by atoms with Crippen LogP contribution in [0, 0.1) is 0 Å². The van der Waals surface area contributed by atoms with Crippen LogP contribution in [-0.4, -0.2) is 44.6 Å². The van der Waals surface area contributed by atoms with E-state index < -0.39 is 16.0 Å². The molecule has 0 saturated heterocycles. The standard InChI is InChI=1S/C14H21NO4S/c1-3-15(11-9-14(16)19-2)20(17,18)12-10-13-7-5-4-6-8-13/h4-8H,3,9-12H2,1-2H3. The Morgan fingerprint density at radius 3 is 2.45 bits per heavy atom. The van der Waals surface area contributed by atoms with Gasteiger partial charge in [-0.05, 0) is 12.0 Å². The van der Waals surface area contributed by atoms with Crippen LogP contribution in [-0.2, 0) is 26.0 Å². The van der Waals surface area contributed by atoms with Gasteiger partial charge in [-0.2, -0.15) is 0 Å². The number of rotatable bonds is 8. The van der Waals surface area contributed by atoms with Crippen LogP contribution < -0.4 is 0 Å². The van der Waals surface area contributed by atoms with Crippen molar-refractivity contribution in [2.75, 3.05) is 26.0 Å². The van der Waals surface area contributed by atoms with Crippen molar-refractivity contribution < 1.29 is 17.9 Å². The van der Waals surface area contributed by atoms with E-state index in [2.05, 4.69) is 4.74 Å². The molecule has 1 aromatic rings. The minimum Gasteiger partial charge on any atom is -0.469 e. The second kappa shape index (κ2) is 8.01. The maximum atomic E-state index is 12.2. The molecule has 0 atom stereocenters. The second-order valence-corrected chi connectivity index (χ2v) is 6.46. The summed E-state index contributed by atoms with van der Waals surface area (Å²) in [6.45, 7) is 2.28. The summed E-state index contributed by atoms with van der Waals surface area (Å²) in [6, 6.07) is 9.47. The van der Waals surface area contributed by atoms with E-state index in [-0.39, 0.29) is 18.7 Å². The lowest BCUT2D eigenvalue weighted by Crippen LogP contribution is -2.35. The summed E-state index contributed by atoms with van der Waals surface area (Å²) >= 11 is 0. The third-order valence-corrected chi connectivity index (χ3v) is 4.98. The van der Waals surface area contributed by atoms with E-state index in [1.54, 1.807) is 6.92 Å². The molecule has 0 spiro atoms. The lowest BCUT2D eigenvalue weighted by Gasteiger charge is -2.19. The molecular weight excluding hydrogens is 278 g/mol. The van der Waals surface area contributed by atoms with Gasteiger partial charge >= 0.3 is 5.97 Å². The maximum Gasteiger partial charge on any atom is 0.306 e. The molecule has 0 aliphatic rings. The number of benzene rings is 1. The summed E-state index contributed by atoms with van der Waals surface area (Å²) in [4.78, 5) is 11.1. The highest BCUT2D eigenvalue weighted by Crippen LogP contribution is 2.07. The molecule has 0 N–H and O–H groups in total. The highest BCUT2D eigenvalue weighted by Gasteiger charge is 2.21. The monoisotopic (exact) mass is 299 g/mol. The van der Waals surface area contributed by atoms with E-state index in [1.807, 2.05) is 30.3 Å². The Hall–Kier alpha value is -1.40. The Morgan fingerprint density at radius 1 is 1.25 bits per heavy atom. The molecule has 0 unspecified atom stereocenters. The second-order valence-electron chi connectivity index (χ2n) is 4.37. The topological polar surface area (TPSA) is 63.7 Å². The summed E-state index contributed by atoms with van der Waals surface area (Å²) in [6.07, 6.45) is 0.548. The first kappa shape index (κ1) is 16.7. The number of sulfonamides is 1. The van der Waals surface area contributed by atoms with Crippen molar-refractivity contribution in [1.29, 1.82) is 0 Å². The fraction of sp³-hybridized carbons (Fsp3) is 0.500. The SMILES string of the molecule is CCN(CCC(=O)OC)S(=O)(=O)CCc1ccccc1. The van der Waals surface area contributed by atoms with Gasteiger partial charge in [0.2, 0.25) is 10.0 Å². The van der Waals surface area contributed by atoms with Crippen molar-refractivity contribution in [3.63, 3.8) is 0 Å². The molecule has 0 aromatic heterocycles. The van der Waals surface area contributed by atoms with Crippen molar-refractivity contribution in [1.82, 2.24) is 4.31 Å². The Bertz CT molecular complexity index is 513. The molecule has 0 fully saturated rings. The Labute approximate surface area is 120 Å². The number of hydrogen-bond donors (Lipinski definition) is 0. The smallest absolute Gasteiger partial charge is 0.306 e. The first-order chi connectivity index (χ1) is 9.49. The summed E-state index contributed by atoms with van der Waals surface area (Å²) in [7, 11) is -2.05. The predicted molar refractivity (Wildman–Crippen MR) is 77.8 cm³/mol. The Morgan fingerprint density at radius 2 is 1.90 bits per heavy atom. The third kappa shape index (κ3) is 5.30. The Kier molecular flexibility index (Phi) is 6.67. The van der Waals surface area contributed by atoms with Crippen molar-refractivity contribution in [3.05, 3.63) is 35.9 Å². The summed E-state index contributed by atoms with van der Waals surface area (Å²) in [5.74, 6) is -0.354. The van der Waals surface area contributed by atoms with E-state index in [1.165, 1.54) is 11.4 Å². The number of methoxy groups -OCH3 is 1. The van der Waals surface area contributed by atoms with Gasteiger partial charge < -0.3 is 4.74 Å². The number of carbonyl (C=O) groups is 1. The summed E-state index contributed by atoms with van der Waals surface area (Å²) in [5.41, 5.74) is 0.986. The highest BCUT2D eigenvalue weighted by atomic mass is 32.2. The van der Waals surface area contributed by atoms with Crippen LogP contribution in [0.5, 0.6) is 0 Å². The fourth-order valence-corrected chi connectivity index (χ4v) is 3.35. The molecule has 0 bridgehead atoms. The van der Waals surface area contributed by atoms with Gasteiger partial charge in [0.25, 0.3) is 0 Å². The van der Waals surface area contributed by atoms with E-state index in [0.717, 1.165) is 5.56 Å². The molecular formula is C14H21NO4S. The molecule has 6 heteroatoms. The largest absolute Gasteiger partial charge is 0.469 e. The van der Waals surface area contributed by atoms with Gasteiger partial charge in [-0.3, -0.25) is 4.79 Å². The van der Waals surface area contributed by atoms with Gasteiger partial charge in [0.15, 0.2) is 0 Å². The quantitative estimate of drug-likeness (QED) is 0.681. The minimum absolute atomic E-state index is 0.0476. The van der Waals surface area contributed by atoms with Gasteiger partial charge in [-0.25, -0.2) is 12.7 Å². The first-order valence-electron chi connectivity index (χ1n) is 6.58. The molecule has 112 valence electrons. The van der Waals surface area contributed by atoms with Crippen molar-refractivity contribution >= 4 is 16.0 Å². The van der Waals surface area contributed by atoms with E-state index in [4.69, 9.17) is 0 Å². The normalized spacial score (nSPS) is 11.6. The highest BCUT2D eigenvalue weighted by molar-refractivity contribution is 7.89.